The monoisotopic (exact) mass is 504 g/mol. The summed E-state index contributed by atoms with van der Waals surface area (Å²) in [5.74, 6) is 0.867. The molecule has 0 amide bonds. The molecule has 38 heavy (non-hydrogen) atoms. The van der Waals surface area contributed by atoms with Crippen LogP contribution in [0, 0.1) is 0 Å². The van der Waals surface area contributed by atoms with Gasteiger partial charge in [-0.25, -0.2) is 0 Å². The van der Waals surface area contributed by atoms with E-state index in [2.05, 4.69) is 77.3 Å². The van der Waals surface area contributed by atoms with Gasteiger partial charge in [0.2, 0.25) is 0 Å². The molecule has 5 rings (SSSR count). The molecule has 0 radical (unpaired) electrons. The molecule has 0 aromatic heterocycles. The molecule has 5 heteroatoms. The molecule has 0 N–H and O–H groups in total. The third-order valence-electron chi connectivity index (χ3n) is 7.25. The van der Waals surface area contributed by atoms with Gasteiger partial charge < -0.3 is 14.5 Å². The zero-order valence-electron chi connectivity index (χ0n) is 22.6. The van der Waals surface area contributed by atoms with Crippen LogP contribution in [-0.4, -0.2) is 57.6 Å². The molecule has 0 saturated carbocycles. The zero-order chi connectivity index (χ0) is 26.3. The van der Waals surface area contributed by atoms with Gasteiger partial charge in [0.05, 0.1) is 5.70 Å². The summed E-state index contributed by atoms with van der Waals surface area (Å²) in [6, 6.07) is 27.4. The molecule has 0 unspecified atom stereocenters. The predicted molar refractivity (Wildman–Crippen MR) is 160 cm³/mol. The van der Waals surface area contributed by atoms with Gasteiger partial charge in [0.15, 0.2) is 0 Å². The van der Waals surface area contributed by atoms with Crippen molar-refractivity contribution >= 4 is 29.3 Å². The van der Waals surface area contributed by atoms with E-state index in [1.54, 1.807) is 0 Å². The van der Waals surface area contributed by atoms with Gasteiger partial charge in [-0.2, -0.15) is 0 Å². The highest BCUT2D eigenvalue weighted by atomic mass is 16.5. The van der Waals surface area contributed by atoms with E-state index in [-0.39, 0.29) is 0 Å². The van der Waals surface area contributed by atoms with Crippen molar-refractivity contribution in [3.63, 3.8) is 0 Å². The number of piperazine rings is 1. The van der Waals surface area contributed by atoms with E-state index in [1.807, 2.05) is 49.8 Å². The molecule has 5 nitrogen and oxygen atoms in total. The summed E-state index contributed by atoms with van der Waals surface area (Å²) in [4.78, 5) is 14.2. The van der Waals surface area contributed by atoms with Crippen LogP contribution in [0.3, 0.4) is 0 Å². The molecule has 194 valence electrons. The topological polar surface area (TPSA) is 40.4 Å². The van der Waals surface area contributed by atoms with Crippen molar-refractivity contribution in [1.29, 1.82) is 0 Å². The van der Waals surface area contributed by atoms with Crippen molar-refractivity contribution in [2.45, 2.75) is 20.0 Å². The lowest BCUT2D eigenvalue weighted by molar-refractivity contribution is 0.306. The van der Waals surface area contributed by atoms with Crippen LogP contribution in [-0.2, 0) is 6.61 Å². The Morgan fingerprint density at radius 3 is 2.42 bits per heavy atom. The first kappa shape index (κ1) is 25.7. The smallest absolute Gasteiger partial charge is 0.119 e. The number of anilines is 1. The fraction of sp³-hybridized carbons (Fsp3) is 0.273. The number of aliphatic imine (C=N–C) groups is 2. The maximum absolute atomic E-state index is 5.97. The van der Waals surface area contributed by atoms with Crippen LogP contribution < -0.4 is 9.64 Å². The third kappa shape index (κ3) is 6.12. The lowest BCUT2D eigenvalue weighted by atomic mass is 9.93. The van der Waals surface area contributed by atoms with E-state index < -0.39 is 0 Å². The Labute approximate surface area is 226 Å². The summed E-state index contributed by atoms with van der Waals surface area (Å²) in [6.45, 7) is 7.04. The molecule has 3 aromatic rings. The second kappa shape index (κ2) is 12.1. The largest absolute Gasteiger partial charge is 0.489 e. The van der Waals surface area contributed by atoms with Gasteiger partial charge in [-0.15, -0.1) is 0 Å². The molecule has 3 aromatic carbocycles. The van der Waals surface area contributed by atoms with Crippen molar-refractivity contribution in [3.8, 4) is 5.75 Å². The summed E-state index contributed by atoms with van der Waals surface area (Å²) < 4.78 is 5.97. The number of hydrogen-bond acceptors (Lipinski definition) is 5. The fourth-order valence-electron chi connectivity index (χ4n) is 4.98. The zero-order valence-corrected chi connectivity index (χ0v) is 22.6. The normalized spacial score (nSPS) is 17.8. The SMILES string of the molecule is CN=C/C(=C1\CC(C)=C(c2ccc(OCc3ccccc3)cc2)C=N1)c1cccc(N2CCN(C)CC2)c1. The van der Waals surface area contributed by atoms with Crippen molar-refractivity contribution in [2.24, 2.45) is 9.98 Å². The van der Waals surface area contributed by atoms with Gasteiger partial charge in [-0.05, 0) is 60.5 Å². The second-order valence-electron chi connectivity index (χ2n) is 10.0. The highest BCUT2D eigenvalue weighted by Crippen LogP contribution is 2.33. The Kier molecular flexibility index (Phi) is 8.15. The summed E-state index contributed by atoms with van der Waals surface area (Å²) >= 11 is 0. The van der Waals surface area contributed by atoms with E-state index in [0.29, 0.717) is 6.61 Å². The predicted octanol–water partition coefficient (Wildman–Crippen LogP) is 6.38. The number of benzene rings is 3. The van der Waals surface area contributed by atoms with E-state index in [0.717, 1.165) is 66.3 Å². The molecule has 0 aliphatic carbocycles. The first-order chi connectivity index (χ1) is 18.6. The molecular weight excluding hydrogens is 468 g/mol. The average molecular weight is 505 g/mol. The van der Waals surface area contributed by atoms with Gasteiger partial charge in [0.1, 0.15) is 12.4 Å². The highest BCUT2D eigenvalue weighted by molar-refractivity contribution is 6.16. The number of likely N-dealkylation sites (N-methyl/N-ethyl adjacent to an activating group) is 1. The van der Waals surface area contributed by atoms with Gasteiger partial charge in [0, 0.05) is 63.3 Å². The minimum absolute atomic E-state index is 0.565. The number of dihydropyridines is 1. The highest BCUT2D eigenvalue weighted by Gasteiger charge is 2.18. The van der Waals surface area contributed by atoms with Crippen LogP contribution in [0.2, 0.25) is 0 Å². The number of nitrogens with zero attached hydrogens (tertiary/aromatic N) is 4. The number of allylic oxidation sites excluding steroid dienone is 3. The minimum atomic E-state index is 0.565. The van der Waals surface area contributed by atoms with Crippen LogP contribution in [0.25, 0.3) is 11.1 Å². The van der Waals surface area contributed by atoms with Crippen LogP contribution in [0.1, 0.15) is 30.0 Å². The Morgan fingerprint density at radius 2 is 1.71 bits per heavy atom. The van der Waals surface area contributed by atoms with Crippen molar-refractivity contribution in [3.05, 3.63) is 107 Å². The lowest BCUT2D eigenvalue weighted by Gasteiger charge is -2.34. The standard InChI is InChI=1S/C33H36N4O/c1-25-20-33(32(22-34-2)28-10-7-11-29(21-28)37-18-16-36(3)17-19-37)35-23-31(25)27-12-14-30(15-13-27)38-24-26-8-5-4-6-9-26/h4-15,21-23H,16-20,24H2,1-3H3/b33-32-,34-22?. The first-order valence-corrected chi connectivity index (χ1v) is 13.3. The van der Waals surface area contributed by atoms with Gasteiger partial charge in [-0.3, -0.25) is 9.98 Å². The molecule has 0 bridgehead atoms. The second-order valence-corrected chi connectivity index (χ2v) is 10.0. The Balaban J connectivity index is 1.33. The summed E-state index contributed by atoms with van der Waals surface area (Å²) in [5, 5.41) is 0. The molecule has 1 saturated heterocycles. The molecule has 0 spiro atoms. The van der Waals surface area contributed by atoms with Crippen LogP contribution in [0.15, 0.2) is 100 Å². The van der Waals surface area contributed by atoms with Crippen LogP contribution >= 0.6 is 0 Å². The van der Waals surface area contributed by atoms with Gasteiger partial charge in [0.25, 0.3) is 0 Å². The van der Waals surface area contributed by atoms with E-state index >= 15 is 0 Å². The van der Waals surface area contributed by atoms with Gasteiger partial charge in [-0.1, -0.05) is 60.2 Å². The van der Waals surface area contributed by atoms with E-state index in [9.17, 15) is 0 Å². The molecule has 2 aliphatic heterocycles. The first-order valence-electron chi connectivity index (χ1n) is 13.3. The Hall–Kier alpha value is -3.96. The number of rotatable bonds is 7. The summed E-state index contributed by atoms with van der Waals surface area (Å²) in [7, 11) is 4.01. The van der Waals surface area contributed by atoms with Crippen molar-refractivity contribution in [1.82, 2.24) is 4.90 Å². The maximum atomic E-state index is 5.97. The van der Waals surface area contributed by atoms with E-state index in [1.165, 1.54) is 16.8 Å². The fourth-order valence-corrected chi connectivity index (χ4v) is 4.98. The van der Waals surface area contributed by atoms with Crippen LogP contribution in [0.5, 0.6) is 5.75 Å². The Morgan fingerprint density at radius 1 is 0.947 bits per heavy atom. The molecule has 0 atom stereocenters. The Bertz CT molecular complexity index is 1360. The van der Waals surface area contributed by atoms with Gasteiger partial charge >= 0.3 is 0 Å². The lowest BCUT2D eigenvalue weighted by Crippen LogP contribution is -2.44. The summed E-state index contributed by atoms with van der Waals surface area (Å²) in [5.41, 5.74) is 9.34. The van der Waals surface area contributed by atoms with E-state index in [4.69, 9.17) is 9.73 Å². The molecular formula is C33H36N4O. The summed E-state index contributed by atoms with van der Waals surface area (Å²) in [6.07, 6.45) is 4.74. The maximum Gasteiger partial charge on any atom is 0.119 e. The molecule has 2 heterocycles. The van der Waals surface area contributed by atoms with Crippen molar-refractivity contribution < 1.29 is 4.74 Å². The average Bonchev–Trinajstić information content (AvgIpc) is 2.96. The molecule has 2 aliphatic rings. The molecule has 1 fully saturated rings. The quantitative estimate of drug-likeness (QED) is 0.351. The third-order valence-corrected chi connectivity index (χ3v) is 7.25. The van der Waals surface area contributed by atoms with Crippen molar-refractivity contribution in [2.75, 3.05) is 45.2 Å². The minimum Gasteiger partial charge on any atom is -0.489 e. The van der Waals surface area contributed by atoms with Crippen LogP contribution in [0.4, 0.5) is 5.69 Å². The number of ether oxygens (including phenoxy) is 1. The number of hydrogen-bond donors (Lipinski definition) is 0.